The van der Waals surface area contributed by atoms with Crippen molar-refractivity contribution in [3.63, 3.8) is 0 Å². The van der Waals surface area contributed by atoms with Crippen LogP contribution in [-0.2, 0) is 20.4 Å². The van der Waals surface area contributed by atoms with Crippen LogP contribution in [0.25, 0.3) is 0 Å². The molecule has 0 radical (unpaired) electrons. The third kappa shape index (κ3) is 5.35. The number of aliphatic hydroxyl groups is 1. The lowest BCUT2D eigenvalue weighted by molar-refractivity contribution is -0.110. The van der Waals surface area contributed by atoms with E-state index in [1.165, 1.54) is 6.20 Å². The van der Waals surface area contributed by atoms with E-state index < -0.39 is 22.8 Å². The number of nitrogens with zero attached hydrogens (tertiary/aromatic N) is 2. The fourth-order valence-electron chi connectivity index (χ4n) is 2.09. The number of aliphatic hydroxyl groups excluding tert-OH is 1. The third-order valence-electron chi connectivity index (χ3n) is 3.68. The van der Waals surface area contributed by atoms with E-state index >= 15 is 0 Å². The zero-order valence-electron chi connectivity index (χ0n) is 14.4. The Kier molecular flexibility index (Phi) is 6.59. The lowest BCUT2D eigenvalue weighted by Gasteiger charge is -2.10. The molecule has 1 aliphatic rings. The molecular weight excluding hydrogens is 410 g/mol. The van der Waals surface area contributed by atoms with Crippen LogP contribution in [-0.4, -0.2) is 43.9 Å². The fraction of sp³-hybridized carbons (Fsp3) is 0.353. The first-order valence-corrected chi connectivity index (χ1v) is 10.7. The number of benzene rings is 1. The summed E-state index contributed by atoms with van der Waals surface area (Å²) in [6.07, 6.45) is 2.83. The van der Waals surface area contributed by atoms with Gasteiger partial charge in [0.15, 0.2) is 10.8 Å². The number of halogens is 1. The van der Waals surface area contributed by atoms with Crippen molar-refractivity contribution in [1.82, 2.24) is 4.98 Å². The second kappa shape index (κ2) is 8.92. The van der Waals surface area contributed by atoms with Crippen LogP contribution in [0.3, 0.4) is 0 Å². The van der Waals surface area contributed by atoms with Crippen molar-refractivity contribution in [3.05, 3.63) is 40.4 Å². The Labute approximate surface area is 167 Å². The number of carbonyl (C=O) groups excluding carboxylic acids is 1. The van der Waals surface area contributed by atoms with E-state index in [2.05, 4.69) is 15.5 Å². The average Bonchev–Trinajstić information content (AvgIpc) is 3.44. The van der Waals surface area contributed by atoms with Crippen molar-refractivity contribution in [2.45, 2.75) is 36.0 Å². The van der Waals surface area contributed by atoms with E-state index in [1.54, 1.807) is 31.2 Å². The molecule has 2 aromatic rings. The summed E-state index contributed by atoms with van der Waals surface area (Å²) in [7, 11) is -1.03. The Bertz CT molecular complexity index is 865. The average molecular weight is 428 g/mol. The minimum atomic E-state index is -1.03. The van der Waals surface area contributed by atoms with Crippen molar-refractivity contribution < 1.29 is 18.9 Å². The normalized spacial score (nSPS) is 16.6. The van der Waals surface area contributed by atoms with E-state index in [4.69, 9.17) is 21.5 Å². The Morgan fingerprint density at radius 2 is 2.19 bits per heavy atom. The largest absolute Gasteiger partial charge is 0.392 e. The van der Waals surface area contributed by atoms with Crippen LogP contribution in [0.1, 0.15) is 25.3 Å². The minimum Gasteiger partial charge on any atom is -0.392 e. The highest BCUT2D eigenvalue weighted by Gasteiger charge is 2.29. The van der Waals surface area contributed by atoms with Gasteiger partial charge in [-0.1, -0.05) is 40.2 Å². The summed E-state index contributed by atoms with van der Waals surface area (Å²) < 4.78 is 12.7. The van der Waals surface area contributed by atoms with Gasteiger partial charge in [0.05, 0.1) is 23.6 Å². The minimum absolute atomic E-state index is 0.0189. The molecule has 1 heterocycles. The van der Waals surface area contributed by atoms with Gasteiger partial charge < -0.3 is 9.94 Å². The molecule has 144 valence electrons. The molecule has 1 aromatic heterocycles. The molecule has 1 saturated carbocycles. The third-order valence-corrected chi connectivity index (χ3v) is 6.53. The fourth-order valence-corrected chi connectivity index (χ4v) is 4.25. The molecule has 2 N–H and O–H groups in total. The summed E-state index contributed by atoms with van der Waals surface area (Å²) >= 11 is 6.95. The molecular formula is C17H18ClN3O4S2. The number of thiazole rings is 1. The van der Waals surface area contributed by atoms with Gasteiger partial charge in [-0.25, -0.2) is 4.98 Å². The van der Waals surface area contributed by atoms with Crippen molar-refractivity contribution in [1.29, 1.82) is 0 Å². The van der Waals surface area contributed by atoms with Crippen molar-refractivity contribution in [2.24, 2.45) is 5.16 Å². The molecule has 0 saturated heterocycles. The van der Waals surface area contributed by atoms with Gasteiger partial charge in [0.1, 0.15) is 10.4 Å². The van der Waals surface area contributed by atoms with E-state index in [0.717, 1.165) is 29.1 Å². The summed E-state index contributed by atoms with van der Waals surface area (Å²) in [5.74, 6) is -0.526. The van der Waals surface area contributed by atoms with Crippen molar-refractivity contribution >= 4 is 50.5 Å². The number of nitrogens with one attached hydrogen (secondary N) is 1. The van der Waals surface area contributed by atoms with Crippen LogP contribution in [0.5, 0.6) is 0 Å². The van der Waals surface area contributed by atoms with E-state index in [9.17, 15) is 9.00 Å². The van der Waals surface area contributed by atoms with Crippen molar-refractivity contribution in [2.75, 3.05) is 11.9 Å². The molecule has 1 fully saturated rings. The van der Waals surface area contributed by atoms with Crippen LogP contribution >= 0.6 is 22.9 Å². The van der Waals surface area contributed by atoms with Crippen LogP contribution < -0.4 is 5.32 Å². The molecule has 1 unspecified atom stereocenters. The van der Waals surface area contributed by atoms with Crippen LogP contribution in [0.2, 0.25) is 4.34 Å². The SMILES string of the molecule is C[C@@H](CO)O/N=C(/C(=O)Nc1ncc(Cl)s1)c1ccc(S(=O)C2CC2)cc1. The first kappa shape index (κ1) is 19.9. The van der Waals surface area contributed by atoms with Gasteiger partial charge >= 0.3 is 0 Å². The maximum atomic E-state index is 12.6. The molecule has 27 heavy (non-hydrogen) atoms. The lowest BCUT2D eigenvalue weighted by Crippen LogP contribution is -2.25. The maximum Gasteiger partial charge on any atom is 0.280 e. The summed E-state index contributed by atoms with van der Waals surface area (Å²) in [6.45, 7) is 1.39. The Morgan fingerprint density at radius 1 is 1.48 bits per heavy atom. The lowest BCUT2D eigenvalue weighted by atomic mass is 10.1. The van der Waals surface area contributed by atoms with Gasteiger partial charge in [0, 0.05) is 15.7 Å². The quantitative estimate of drug-likeness (QED) is 0.498. The summed E-state index contributed by atoms with van der Waals surface area (Å²) in [6, 6.07) is 6.80. The topological polar surface area (TPSA) is 101 Å². The predicted octanol–water partition coefficient (Wildman–Crippen LogP) is 2.81. The van der Waals surface area contributed by atoms with Gasteiger partial charge in [-0.05, 0) is 31.9 Å². The molecule has 1 aliphatic carbocycles. The number of carbonyl (C=O) groups is 1. The maximum absolute atomic E-state index is 12.6. The van der Waals surface area contributed by atoms with Crippen LogP contribution in [0, 0.1) is 0 Å². The molecule has 0 spiro atoms. The Morgan fingerprint density at radius 3 is 2.74 bits per heavy atom. The number of hydrogen-bond donors (Lipinski definition) is 2. The number of amides is 1. The monoisotopic (exact) mass is 427 g/mol. The first-order chi connectivity index (χ1) is 13.0. The van der Waals surface area contributed by atoms with Gasteiger partial charge in [-0.3, -0.25) is 14.3 Å². The first-order valence-electron chi connectivity index (χ1n) is 8.26. The standard InChI is InChI=1S/C17H18ClN3O4S2/c1-10(9-22)25-21-15(16(23)20-17-19-8-14(18)26-17)11-2-4-12(5-3-11)27(24)13-6-7-13/h2-5,8,10,13,22H,6-7,9H2,1H3,(H,19,20,23)/b21-15+/t10-,27?/m0/s1. The summed E-state index contributed by atoms with van der Waals surface area (Å²) in [4.78, 5) is 22.5. The highest BCUT2D eigenvalue weighted by Crippen LogP contribution is 2.30. The molecule has 0 bridgehead atoms. The smallest absolute Gasteiger partial charge is 0.280 e. The molecule has 2 atom stereocenters. The molecule has 1 amide bonds. The number of oxime groups is 1. The molecule has 1 aromatic carbocycles. The predicted molar refractivity (Wildman–Crippen MR) is 106 cm³/mol. The second-order valence-electron chi connectivity index (χ2n) is 5.98. The van der Waals surface area contributed by atoms with Gasteiger partial charge in [0.2, 0.25) is 0 Å². The number of anilines is 1. The van der Waals surface area contributed by atoms with E-state index in [-0.39, 0.29) is 17.6 Å². The van der Waals surface area contributed by atoms with Crippen molar-refractivity contribution in [3.8, 4) is 0 Å². The summed E-state index contributed by atoms with van der Waals surface area (Å²) in [5, 5.41) is 16.2. The molecule has 0 aliphatic heterocycles. The molecule has 10 heteroatoms. The Balaban J connectivity index is 1.82. The van der Waals surface area contributed by atoms with Gasteiger partial charge in [-0.2, -0.15) is 0 Å². The summed E-state index contributed by atoms with van der Waals surface area (Å²) in [5.41, 5.74) is 0.516. The van der Waals surface area contributed by atoms with Gasteiger partial charge in [0.25, 0.3) is 5.91 Å². The van der Waals surface area contributed by atoms with Gasteiger partial charge in [-0.15, -0.1) is 0 Å². The Hall–Kier alpha value is -1.81. The zero-order chi connectivity index (χ0) is 19.4. The van der Waals surface area contributed by atoms with E-state index in [1.807, 2.05) is 0 Å². The highest BCUT2D eigenvalue weighted by atomic mass is 35.5. The highest BCUT2D eigenvalue weighted by molar-refractivity contribution is 7.86. The number of rotatable bonds is 8. The second-order valence-corrected chi connectivity index (χ2v) is 9.38. The van der Waals surface area contributed by atoms with Crippen LogP contribution in [0.15, 0.2) is 40.5 Å². The molecule has 3 rings (SSSR count). The van der Waals surface area contributed by atoms with Crippen LogP contribution in [0.4, 0.5) is 5.13 Å². The molecule has 7 nitrogen and oxygen atoms in total. The number of hydrogen-bond acceptors (Lipinski definition) is 7. The number of aromatic nitrogens is 1. The zero-order valence-corrected chi connectivity index (χ0v) is 16.8. The van der Waals surface area contributed by atoms with E-state index in [0.29, 0.717) is 15.0 Å².